The Morgan fingerprint density at radius 3 is 2.44 bits per heavy atom. The van der Waals surface area contributed by atoms with Crippen molar-refractivity contribution < 1.29 is 8.76 Å². The third-order valence-electron chi connectivity index (χ3n) is 3.73. The second-order valence-corrected chi connectivity index (χ2v) is 8.01. The number of benzene rings is 2. The summed E-state index contributed by atoms with van der Waals surface area (Å²) in [5.74, 6) is 0.145. The minimum absolute atomic E-state index is 0.145. The number of halogens is 1. The summed E-state index contributed by atoms with van der Waals surface area (Å²) in [6, 6.07) is 14.1. The van der Waals surface area contributed by atoms with Crippen LogP contribution >= 0.6 is 22.6 Å². The minimum Gasteiger partial charge on any atom is -0.380 e. The molecule has 3 rings (SSSR count). The molecule has 0 aliphatic carbocycles. The Balaban J connectivity index is 1.99. The van der Waals surface area contributed by atoms with E-state index in [0.29, 0.717) is 6.04 Å². The van der Waals surface area contributed by atoms with Crippen molar-refractivity contribution >= 4 is 50.3 Å². The molecular weight excluding hydrogens is 449 g/mol. The van der Waals surface area contributed by atoms with Crippen LogP contribution in [0.1, 0.15) is 19.4 Å². The van der Waals surface area contributed by atoms with Crippen molar-refractivity contribution in [2.75, 3.05) is 5.32 Å². The standard InChI is InChI=1S/C18H18IN3O2S/c1-11(2)20-17-15-8-7-14(9-16(15)21-22-18(17)19)13-5-3-12(4-6-13)10-25(23)24/h3-9,11H,10H2,1-2H3,(H,20,21)(H,23,24). The molecule has 0 saturated heterocycles. The summed E-state index contributed by atoms with van der Waals surface area (Å²) in [6.45, 7) is 4.19. The molecule has 0 aliphatic heterocycles. The van der Waals surface area contributed by atoms with Gasteiger partial charge in [-0.1, -0.05) is 30.3 Å². The molecule has 0 radical (unpaired) electrons. The second kappa shape index (κ2) is 7.76. The number of nitrogens with zero attached hydrogens (tertiary/aromatic N) is 2. The lowest BCUT2D eigenvalue weighted by molar-refractivity contribution is 0.563. The molecule has 5 nitrogen and oxygen atoms in total. The van der Waals surface area contributed by atoms with Crippen LogP contribution in [0.25, 0.3) is 22.0 Å². The first-order valence-corrected chi connectivity index (χ1v) is 10.2. The molecule has 1 unspecified atom stereocenters. The average molecular weight is 467 g/mol. The lowest BCUT2D eigenvalue weighted by Gasteiger charge is -2.14. The van der Waals surface area contributed by atoms with Crippen molar-refractivity contribution in [3.8, 4) is 11.1 Å². The monoisotopic (exact) mass is 467 g/mol. The van der Waals surface area contributed by atoms with Gasteiger partial charge in [0.15, 0.2) is 11.1 Å². The van der Waals surface area contributed by atoms with Crippen molar-refractivity contribution in [2.45, 2.75) is 25.6 Å². The van der Waals surface area contributed by atoms with Gasteiger partial charge in [-0.15, -0.1) is 10.2 Å². The highest BCUT2D eigenvalue weighted by Gasteiger charge is 2.11. The first-order valence-electron chi connectivity index (χ1n) is 7.83. The Morgan fingerprint density at radius 2 is 1.80 bits per heavy atom. The highest BCUT2D eigenvalue weighted by molar-refractivity contribution is 14.1. The third-order valence-corrected chi connectivity index (χ3v) is 5.06. The van der Waals surface area contributed by atoms with E-state index in [9.17, 15) is 4.21 Å². The summed E-state index contributed by atoms with van der Waals surface area (Å²) < 4.78 is 20.7. The van der Waals surface area contributed by atoms with E-state index in [2.05, 4.69) is 64.1 Å². The van der Waals surface area contributed by atoms with E-state index >= 15 is 0 Å². The molecule has 25 heavy (non-hydrogen) atoms. The minimum atomic E-state index is -1.82. The number of nitrogens with one attached hydrogen (secondary N) is 1. The van der Waals surface area contributed by atoms with Gasteiger partial charge in [-0.25, -0.2) is 4.21 Å². The van der Waals surface area contributed by atoms with Gasteiger partial charge in [0.25, 0.3) is 0 Å². The highest BCUT2D eigenvalue weighted by Crippen LogP contribution is 2.30. The van der Waals surface area contributed by atoms with Gasteiger partial charge in [0.05, 0.1) is 17.0 Å². The van der Waals surface area contributed by atoms with Gasteiger partial charge in [0, 0.05) is 11.4 Å². The summed E-state index contributed by atoms with van der Waals surface area (Å²) in [5.41, 5.74) is 4.75. The first-order chi connectivity index (χ1) is 11.9. The molecule has 0 aliphatic rings. The number of hydrogen-bond donors (Lipinski definition) is 2. The van der Waals surface area contributed by atoms with Crippen LogP contribution in [0.2, 0.25) is 0 Å². The van der Waals surface area contributed by atoms with Crippen LogP contribution < -0.4 is 5.32 Å². The number of anilines is 1. The van der Waals surface area contributed by atoms with Gasteiger partial charge in [-0.2, -0.15) is 0 Å². The van der Waals surface area contributed by atoms with E-state index in [4.69, 9.17) is 4.55 Å². The van der Waals surface area contributed by atoms with Crippen molar-refractivity contribution in [1.82, 2.24) is 10.2 Å². The smallest absolute Gasteiger partial charge is 0.157 e. The van der Waals surface area contributed by atoms with Gasteiger partial charge in [0.2, 0.25) is 0 Å². The fourth-order valence-electron chi connectivity index (χ4n) is 2.63. The van der Waals surface area contributed by atoms with E-state index in [1.807, 2.05) is 30.3 Å². The van der Waals surface area contributed by atoms with E-state index in [0.717, 1.165) is 37.0 Å². The summed E-state index contributed by atoms with van der Waals surface area (Å²) in [7, 11) is 0. The predicted molar refractivity (Wildman–Crippen MR) is 111 cm³/mol. The lowest BCUT2D eigenvalue weighted by atomic mass is 10.0. The molecule has 2 aromatic carbocycles. The topological polar surface area (TPSA) is 75.1 Å². The summed E-state index contributed by atoms with van der Waals surface area (Å²) >= 11 is 0.371. The SMILES string of the molecule is CC(C)Nc1c(I)nnc2cc(-c3ccc(CS(=O)O)cc3)ccc12. The van der Waals surface area contributed by atoms with Crippen molar-refractivity contribution in [2.24, 2.45) is 0 Å². The fraction of sp³-hybridized carbons (Fsp3) is 0.222. The average Bonchev–Trinajstić information content (AvgIpc) is 2.57. The van der Waals surface area contributed by atoms with Crippen LogP contribution in [0.15, 0.2) is 42.5 Å². The molecule has 0 saturated carbocycles. The van der Waals surface area contributed by atoms with Crippen LogP contribution in [0, 0.1) is 3.70 Å². The van der Waals surface area contributed by atoms with Crippen LogP contribution in [0.3, 0.4) is 0 Å². The maximum atomic E-state index is 10.9. The molecule has 0 amide bonds. The van der Waals surface area contributed by atoms with Crippen LogP contribution in [0.4, 0.5) is 5.69 Å². The van der Waals surface area contributed by atoms with Gasteiger partial charge >= 0.3 is 0 Å². The summed E-state index contributed by atoms with van der Waals surface area (Å²) in [4.78, 5) is 0. The fourth-order valence-corrected chi connectivity index (χ4v) is 3.66. The molecule has 130 valence electrons. The van der Waals surface area contributed by atoms with Crippen molar-refractivity contribution in [1.29, 1.82) is 0 Å². The molecule has 1 heterocycles. The molecular formula is C18H18IN3O2S. The van der Waals surface area contributed by atoms with E-state index in [1.54, 1.807) is 0 Å². The molecule has 0 bridgehead atoms. The second-order valence-electron chi connectivity index (χ2n) is 6.06. The number of aromatic nitrogens is 2. The Bertz CT molecular complexity index is 930. The zero-order valence-corrected chi connectivity index (χ0v) is 16.8. The van der Waals surface area contributed by atoms with Crippen LogP contribution in [0.5, 0.6) is 0 Å². The number of rotatable bonds is 5. The Morgan fingerprint density at radius 1 is 1.12 bits per heavy atom. The normalized spacial score (nSPS) is 12.5. The lowest BCUT2D eigenvalue weighted by Crippen LogP contribution is -2.12. The molecule has 3 aromatic rings. The molecule has 1 atom stereocenters. The molecule has 2 N–H and O–H groups in total. The Kier molecular flexibility index (Phi) is 5.65. The van der Waals surface area contributed by atoms with Gasteiger partial charge in [-0.05, 0) is 65.3 Å². The largest absolute Gasteiger partial charge is 0.380 e. The predicted octanol–water partition coefficient (Wildman–Crippen LogP) is 4.44. The third kappa shape index (κ3) is 4.34. The number of fused-ring (bicyclic) bond motifs is 1. The molecule has 0 fully saturated rings. The summed E-state index contributed by atoms with van der Waals surface area (Å²) in [5, 5.41) is 13.1. The molecule has 1 aromatic heterocycles. The van der Waals surface area contributed by atoms with E-state index < -0.39 is 11.1 Å². The molecule has 7 heteroatoms. The van der Waals surface area contributed by atoms with Crippen molar-refractivity contribution in [3.63, 3.8) is 0 Å². The zero-order chi connectivity index (χ0) is 18.0. The van der Waals surface area contributed by atoms with Crippen LogP contribution in [-0.2, 0) is 16.8 Å². The quantitative estimate of drug-likeness (QED) is 0.429. The Hall–Kier alpha value is -1.58. The van der Waals surface area contributed by atoms with Crippen molar-refractivity contribution in [3.05, 3.63) is 51.7 Å². The highest BCUT2D eigenvalue weighted by atomic mass is 127. The van der Waals surface area contributed by atoms with E-state index in [-0.39, 0.29) is 5.75 Å². The van der Waals surface area contributed by atoms with E-state index in [1.165, 1.54) is 0 Å². The maximum absolute atomic E-state index is 10.9. The van der Waals surface area contributed by atoms with Gasteiger partial charge in [-0.3, -0.25) is 0 Å². The van der Waals surface area contributed by atoms with Gasteiger partial charge in [0.1, 0.15) is 3.70 Å². The molecule has 0 spiro atoms. The van der Waals surface area contributed by atoms with Crippen LogP contribution in [-0.4, -0.2) is 25.0 Å². The Labute approximate surface area is 162 Å². The zero-order valence-electron chi connectivity index (χ0n) is 13.9. The number of hydrogen-bond acceptors (Lipinski definition) is 4. The first kappa shape index (κ1) is 18.2. The summed E-state index contributed by atoms with van der Waals surface area (Å²) in [6.07, 6.45) is 0. The maximum Gasteiger partial charge on any atom is 0.157 e. The van der Waals surface area contributed by atoms with Gasteiger partial charge < -0.3 is 9.87 Å².